The van der Waals surface area contributed by atoms with Gasteiger partial charge in [0.1, 0.15) is 0 Å². The van der Waals surface area contributed by atoms with E-state index in [0.717, 1.165) is 12.0 Å². The Bertz CT molecular complexity index is 129. The van der Waals surface area contributed by atoms with Gasteiger partial charge >= 0.3 is 0 Å². The Labute approximate surface area is 83.5 Å². The maximum Gasteiger partial charge on any atom is 0.00953 e. The Balaban J connectivity index is 0.000000396. The molecule has 1 aliphatic heterocycles. The number of likely N-dealkylation sites (tertiary alicyclic amines) is 1. The topological polar surface area (TPSA) is 3.24 Å². The minimum Gasteiger partial charge on any atom is -0.300 e. The van der Waals surface area contributed by atoms with Crippen LogP contribution in [0.4, 0.5) is 0 Å². The van der Waals surface area contributed by atoms with E-state index in [4.69, 9.17) is 0 Å². The minimum atomic E-state index is 0.962. The first-order valence-corrected chi connectivity index (χ1v) is 6.10. The summed E-state index contributed by atoms with van der Waals surface area (Å²) in [5, 5.41) is 0. The maximum absolute atomic E-state index is 2.72. The molecule has 78 valence electrons. The summed E-state index contributed by atoms with van der Waals surface area (Å²) in [6, 6.07) is 0.984. The van der Waals surface area contributed by atoms with Crippen LogP contribution in [0.3, 0.4) is 0 Å². The molecule has 0 amide bonds. The molecule has 0 aromatic carbocycles. The summed E-state index contributed by atoms with van der Waals surface area (Å²) in [5.74, 6) is 0.962. The lowest BCUT2D eigenvalue weighted by atomic mass is 9.88. The lowest BCUT2D eigenvalue weighted by Crippen LogP contribution is -2.45. The average molecular weight is 183 g/mol. The van der Waals surface area contributed by atoms with Crippen LogP contribution in [0.25, 0.3) is 0 Å². The Morgan fingerprint density at radius 2 is 1.69 bits per heavy atom. The fourth-order valence-electron chi connectivity index (χ4n) is 2.31. The zero-order chi connectivity index (χ0) is 9.68. The highest BCUT2D eigenvalue weighted by molar-refractivity contribution is 4.83. The molecule has 0 spiro atoms. The SMILES string of the molecule is CC.CC1CCCN(C2CCC2)C1. The third kappa shape index (κ3) is 2.98. The monoisotopic (exact) mass is 183 g/mol. The van der Waals surface area contributed by atoms with Gasteiger partial charge in [0.05, 0.1) is 0 Å². The van der Waals surface area contributed by atoms with Crippen molar-refractivity contribution < 1.29 is 0 Å². The van der Waals surface area contributed by atoms with Crippen molar-refractivity contribution in [1.29, 1.82) is 0 Å². The highest BCUT2D eigenvalue weighted by Gasteiger charge is 2.27. The summed E-state index contributed by atoms with van der Waals surface area (Å²) in [5.41, 5.74) is 0. The first-order valence-electron chi connectivity index (χ1n) is 6.10. The smallest absolute Gasteiger partial charge is 0.00953 e. The highest BCUT2D eigenvalue weighted by Crippen LogP contribution is 2.28. The average Bonchev–Trinajstić information content (AvgIpc) is 2.05. The van der Waals surface area contributed by atoms with Gasteiger partial charge in [0, 0.05) is 12.6 Å². The van der Waals surface area contributed by atoms with Gasteiger partial charge in [-0.1, -0.05) is 27.2 Å². The molecule has 0 aromatic heterocycles. The fraction of sp³-hybridized carbons (Fsp3) is 1.00. The van der Waals surface area contributed by atoms with Gasteiger partial charge in [-0.2, -0.15) is 0 Å². The van der Waals surface area contributed by atoms with Crippen molar-refractivity contribution >= 4 is 0 Å². The van der Waals surface area contributed by atoms with Crippen molar-refractivity contribution in [1.82, 2.24) is 4.90 Å². The summed E-state index contributed by atoms with van der Waals surface area (Å²) in [6.07, 6.45) is 7.34. The molecule has 1 nitrogen and oxygen atoms in total. The Morgan fingerprint density at radius 1 is 1.00 bits per heavy atom. The Morgan fingerprint density at radius 3 is 2.15 bits per heavy atom. The molecule has 1 saturated carbocycles. The van der Waals surface area contributed by atoms with Crippen LogP contribution in [0.2, 0.25) is 0 Å². The van der Waals surface area contributed by atoms with Crippen LogP contribution in [0.15, 0.2) is 0 Å². The Kier molecular flexibility index (Phi) is 4.79. The molecule has 2 aliphatic rings. The molecule has 2 fully saturated rings. The predicted molar refractivity (Wildman–Crippen MR) is 59.0 cm³/mol. The zero-order valence-corrected chi connectivity index (χ0v) is 9.55. The van der Waals surface area contributed by atoms with E-state index in [2.05, 4.69) is 11.8 Å². The minimum absolute atomic E-state index is 0.962. The van der Waals surface area contributed by atoms with Crippen molar-refractivity contribution in [2.24, 2.45) is 5.92 Å². The van der Waals surface area contributed by atoms with Crippen LogP contribution < -0.4 is 0 Å². The van der Waals surface area contributed by atoms with E-state index in [1.54, 1.807) is 0 Å². The van der Waals surface area contributed by atoms with E-state index >= 15 is 0 Å². The summed E-state index contributed by atoms with van der Waals surface area (Å²) >= 11 is 0. The first kappa shape index (κ1) is 11.0. The third-order valence-corrected chi connectivity index (χ3v) is 3.28. The lowest BCUT2D eigenvalue weighted by molar-refractivity contribution is 0.0817. The molecule has 1 saturated heterocycles. The van der Waals surface area contributed by atoms with E-state index in [9.17, 15) is 0 Å². The van der Waals surface area contributed by atoms with Gasteiger partial charge in [-0.05, 0) is 38.1 Å². The highest BCUT2D eigenvalue weighted by atomic mass is 15.2. The molecule has 13 heavy (non-hydrogen) atoms. The molecule has 0 aromatic rings. The molecular formula is C12H25N. The van der Waals surface area contributed by atoms with E-state index < -0.39 is 0 Å². The quantitative estimate of drug-likeness (QED) is 0.603. The number of piperidine rings is 1. The molecule has 1 aliphatic carbocycles. The lowest BCUT2D eigenvalue weighted by Gasteiger charge is -2.41. The van der Waals surface area contributed by atoms with Gasteiger partial charge in [-0.15, -0.1) is 0 Å². The predicted octanol–water partition coefficient (Wildman–Crippen LogP) is 3.30. The van der Waals surface area contributed by atoms with Crippen molar-refractivity contribution in [2.45, 2.75) is 58.9 Å². The molecule has 0 radical (unpaired) electrons. The van der Waals surface area contributed by atoms with Gasteiger partial charge in [0.25, 0.3) is 0 Å². The molecule has 1 heterocycles. The van der Waals surface area contributed by atoms with Gasteiger partial charge in [0.2, 0.25) is 0 Å². The fourth-order valence-corrected chi connectivity index (χ4v) is 2.31. The summed E-state index contributed by atoms with van der Waals surface area (Å²) < 4.78 is 0. The number of hydrogen-bond donors (Lipinski definition) is 0. The van der Waals surface area contributed by atoms with Crippen LogP contribution in [-0.4, -0.2) is 24.0 Å². The number of nitrogens with zero attached hydrogens (tertiary/aromatic N) is 1. The van der Waals surface area contributed by atoms with Crippen molar-refractivity contribution in [2.75, 3.05) is 13.1 Å². The standard InChI is InChI=1S/C10H19N.C2H6/c1-9-4-3-7-11(8-9)10-5-2-6-10;1-2/h9-10H,2-8H2,1H3;1-2H3. The molecule has 1 atom stereocenters. The van der Waals surface area contributed by atoms with Crippen LogP contribution in [0.5, 0.6) is 0 Å². The molecule has 1 heteroatoms. The molecule has 1 unspecified atom stereocenters. The van der Waals surface area contributed by atoms with E-state index in [1.807, 2.05) is 13.8 Å². The summed E-state index contributed by atoms with van der Waals surface area (Å²) in [4.78, 5) is 2.72. The third-order valence-electron chi connectivity index (χ3n) is 3.28. The second-order valence-electron chi connectivity index (χ2n) is 4.33. The van der Waals surface area contributed by atoms with Gasteiger partial charge in [-0.3, -0.25) is 0 Å². The molecule has 0 N–H and O–H groups in total. The van der Waals surface area contributed by atoms with E-state index in [-0.39, 0.29) is 0 Å². The maximum atomic E-state index is 2.72. The van der Waals surface area contributed by atoms with Gasteiger partial charge in [0.15, 0.2) is 0 Å². The second-order valence-corrected chi connectivity index (χ2v) is 4.33. The van der Waals surface area contributed by atoms with E-state index in [1.165, 1.54) is 45.2 Å². The second kappa shape index (κ2) is 5.64. The van der Waals surface area contributed by atoms with Crippen molar-refractivity contribution in [3.63, 3.8) is 0 Å². The van der Waals surface area contributed by atoms with Crippen LogP contribution >= 0.6 is 0 Å². The number of rotatable bonds is 1. The number of hydrogen-bond acceptors (Lipinski definition) is 1. The van der Waals surface area contributed by atoms with Crippen molar-refractivity contribution in [3.8, 4) is 0 Å². The largest absolute Gasteiger partial charge is 0.300 e. The van der Waals surface area contributed by atoms with Crippen LogP contribution in [0, 0.1) is 5.92 Å². The van der Waals surface area contributed by atoms with E-state index in [0.29, 0.717) is 0 Å². The van der Waals surface area contributed by atoms with Gasteiger partial charge in [-0.25, -0.2) is 0 Å². The molecule has 0 bridgehead atoms. The van der Waals surface area contributed by atoms with Gasteiger partial charge < -0.3 is 4.90 Å². The first-order chi connectivity index (χ1) is 6.36. The molecular weight excluding hydrogens is 158 g/mol. The normalized spacial score (nSPS) is 30.2. The molecule has 2 rings (SSSR count). The van der Waals surface area contributed by atoms with Crippen molar-refractivity contribution in [3.05, 3.63) is 0 Å². The van der Waals surface area contributed by atoms with Crippen LogP contribution in [-0.2, 0) is 0 Å². The Hall–Kier alpha value is -0.0400. The van der Waals surface area contributed by atoms with Crippen LogP contribution in [0.1, 0.15) is 52.9 Å². The summed E-state index contributed by atoms with van der Waals surface area (Å²) in [6.45, 7) is 9.16. The zero-order valence-electron chi connectivity index (χ0n) is 9.55. The summed E-state index contributed by atoms with van der Waals surface area (Å²) in [7, 11) is 0.